The summed E-state index contributed by atoms with van der Waals surface area (Å²) in [5.74, 6) is -0.212. The molecular weight excluding hydrogens is 274 g/mol. The maximum absolute atomic E-state index is 11.8. The summed E-state index contributed by atoms with van der Waals surface area (Å²) in [6.07, 6.45) is 3.31. The second-order valence-electron chi connectivity index (χ2n) is 4.03. The highest BCUT2D eigenvalue weighted by Crippen LogP contribution is 2.11. The largest absolute Gasteiger partial charge is 0.358 e. The number of rotatable bonds is 4. The highest BCUT2D eigenvalue weighted by molar-refractivity contribution is 7.80. The number of benzene rings is 1. The number of hydrogen-bond acceptors (Lipinski definition) is 3. The molecule has 1 aromatic heterocycles. The van der Waals surface area contributed by atoms with Crippen molar-refractivity contribution in [2.75, 3.05) is 6.54 Å². The molecule has 0 aliphatic rings. The van der Waals surface area contributed by atoms with Crippen LogP contribution in [0.5, 0.6) is 0 Å². The Bertz CT molecular complexity index is 636. The van der Waals surface area contributed by atoms with Crippen LogP contribution in [0.25, 0.3) is 11.0 Å². The molecule has 2 aromatic rings. The van der Waals surface area contributed by atoms with Crippen LogP contribution in [-0.4, -0.2) is 27.1 Å². The molecule has 0 spiro atoms. The van der Waals surface area contributed by atoms with Crippen molar-refractivity contribution in [3.63, 3.8) is 0 Å². The number of hydrazine groups is 1. The Hall–Kier alpha value is -2.41. The summed E-state index contributed by atoms with van der Waals surface area (Å²) in [7, 11) is 0. The van der Waals surface area contributed by atoms with Gasteiger partial charge in [0.25, 0.3) is 5.91 Å². The molecular formula is C13H15N5OS. The summed E-state index contributed by atoms with van der Waals surface area (Å²) in [4.78, 5) is 16.0. The molecule has 1 heterocycles. The summed E-state index contributed by atoms with van der Waals surface area (Å²) in [6.45, 7) is 4.26. The van der Waals surface area contributed by atoms with Crippen LogP contribution in [0.2, 0.25) is 0 Å². The van der Waals surface area contributed by atoms with E-state index in [1.54, 1.807) is 17.0 Å². The zero-order valence-electron chi connectivity index (χ0n) is 10.8. The number of imidazole rings is 1. The van der Waals surface area contributed by atoms with Crippen LogP contribution in [0.1, 0.15) is 0 Å². The first-order valence-corrected chi connectivity index (χ1v) is 6.45. The molecule has 0 saturated carbocycles. The van der Waals surface area contributed by atoms with Crippen LogP contribution in [0, 0.1) is 0 Å². The fraction of sp³-hybridized carbons (Fsp3) is 0.154. The lowest BCUT2D eigenvalue weighted by atomic mass is 10.3. The van der Waals surface area contributed by atoms with Gasteiger partial charge in [-0.25, -0.2) is 4.98 Å². The molecule has 1 amide bonds. The third-order valence-corrected chi connectivity index (χ3v) is 2.81. The first-order chi connectivity index (χ1) is 9.70. The van der Waals surface area contributed by atoms with Gasteiger partial charge in [-0.15, -0.1) is 6.58 Å². The van der Waals surface area contributed by atoms with Crippen molar-refractivity contribution in [2.24, 2.45) is 0 Å². The summed E-state index contributed by atoms with van der Waals surface area (Å²) >= 11 is 4.96. The topological polar surface area (TPSA) is 71.0 Å². The van der Waals surface area contributed by atoms with Gasteiger partial charge in [0.15, 0.2) is 5.11 Å². The Kier molecular flexibility index (Phi) is 4.67. The number of fused-ring (bicyclic) bond motifs is 1. The van der Waals surface area contributed by atoms with E-state index in [2.05, 4.69) is 27.7 Å². The standard InChI is InChI=1S/C13H15N5OS/c1-2-7-14-13(20)17-16-12(19)8-18-9-15-10-5-3-4-6-11(10)18/h2-6,9H,1,7-8H2,(H,16,19)(H2,14,17,20). The smallest absolute Gasteiger partial charge is 0.258 e. The number of aromatic nitrogens is 2. The minimum Gasteiger partial charge on any atom is -0.358 e. The molecule has 0 unspecified atom stereocenters. The van der Waals surface area contributed by atoms with E-state index in [4.69, 9.17) is 12.2 Å². The average Bonchev–Trinajstić information content (AvgIpc) is 2.86. The Balaban J connectivity index is 1.88. The summed E-state index contributed by atoms with van der Waals surface area (Å²) in [6, 6.07) is 7.63. The van der Waals surface area contributed by atoms with Crippen LogP contribution in [0.4, 0.5) is 0 Å². The van der Waals surface area contributed by atoms with Gasteiger partial charge in [0.1, 0.15) is 6.54 Å². The van der Waals surface area contributed by atoms with Gasteiger partial charge in [-0.3, -0.25) is 15.6 Å². The van der Waals surface area contributed by atoms with E-state index in [0.29, 0.717) is 11.7 Å². The van der Waals surface area contributed by atoms with Crippen LogP contribution in [0.3, 0.4) is 0 Å². The van der Waals surface area contributed by atoms with E-state index in [0.717, 1.165) is 11.0 Å². The molecule has 0 aliphatic carbocycles. The predicted molar refractivity (Wildman–Crippen MR) is 81.8 cm³/mol. The lowest BCUT2D eigenvalue weighted by Gasteiger charge is -2.10. The molecule has 7 heteroatoms. The van der Waals surface area contributed by atoms with E-state index >= 15 is 0 Å². The van der Waals surface area contributed by atoms with Crippen LogP contribution in [0.15, 0.2) is 43.2 Å². The van der Waals surface area contributed by atoms with Crippen molar-refractivity contribution in [3.05, 3.63) is 43.2 Å². The number of nitrogens with one attached hydrogen (secondary N) is 3. The van der Waals surface area contributed by atoms with Gasteiger partial charge in [-0.1, -0.05) is 18.2 Å². The quantitative estimate of drug-likeness (QED) is 0.439. The number of para-hydroxylation sites is 2. The molecule has 3 N–H and O–H groups in total. The van der Waals surface area contributed by atoms with Crippen LogP contribution < -0.4 is 16.2 Å². The van der Waals surface area contributed by atoms with E-state index in [-0.39, 0.29) is 12.5 Å². The van der Waals surface area contributed by atoms with E-state index < -0.39 is 0 Å². The zero-order chi connectivity index (χ0) is 14.4. The number of thiocarbonyl (C=S) groups is 1. The predicted octanol–water partition coefficient (Wildman–Crippen LogP) is 0.718. The normalized spacial score (nSPS) is 10.0. The number of carbonyl (C=O) groups is 1. The van der Waals surface area contributed by atoms with Crippen LogP contribution in [-0.2, 0) is 11.3 Å². The molecule has 0 radical (unpaired) electrons. The number of nitrogens with zero attached hydrogens (tertiary/aromatic N) is 2. The second kappa shape index (κ2) is 6.67. The number of hydrogen-bond donors (Lipinski definition) is 3. The lowest BCUT2D eigenvalue weighted by molar-refractivity contribution is -0.122. The molecule has 0 aliphatic heterocycles. The second-order valence-corrected chi connectivity index (χ2v) is 4.44. The van der Waals surface area contributed by atoms with Crippen molar-refractivity contribution in [1.29, 1.82) is 0 Å². The van der Waals surface area contributed by atoms with Gasteiger partial charge in [0.2, 0.25) is 0 Å². The maximum Gasteiger partial charge on any atom is 0.258 e. The Labute approximate surface area is 121 Å². The van der Waals surface area contributed by atoms with Gasteiger partial charge in [0, 0.05) is 6.54 Å². The minimum absolute atomic E-state index is 0.164. The first-order valence-electron chi connectivity index (χ1n) is 6.04. The van der Waals surface area contributed by atoms with E-state index in [1.807, 2.05) is 24.3 Å². The van der Waals surface area contributed by atoms with Crippen molar-refractivity contribution in [3.8, 4) is 0 Å². The lowest BCUT2D eigenvalue weighted by Crippen LogP contribution is -2.47. The molecule has 104 valence electrons. The Morgan fingerprint density at radius 2 is 2.20 bits per heavy atom. The number of amides is 1. The average molecular weight is 289 g/mol. The van der Waals surface area contributed by atoms with Crippen molar-refractivity contribution >= 4 is 34.3 Å². The summed E-state index contributed by atoms with van der Waals surface area (Å²) in [5, 5.41) is 3.19. The van der Waals surface area contributed by atoms with E-state index in [9.17, 15) is 4.79 Å². The highest BCUT2D eigenvalue weighted by Gasteiger charge is 2.06. The van der Waals surface area contributed by atoms with Crippen molar-refractivity contribution in [1.82, 2.24) is 25.7 Å². The molecule has 0 saturated heterocycles. The van der Waals surface area contributed by atoms with Crippen molar-refractivity contribution < 1.29 is 4.79 Å². The molecule has 1 aromatic carbocycles. The maximum atomic E-state index is 11.8. The Morgan fingerprint density at radius 1 is 1.40 bits per heavy atom. The third kappa shape index (κ3) is 3.55. The molecule has 2 rings (SSSR count). The van der Waals surface area contributed by atoms with Gasteiger partial charge in [-0.05, 0) is 24.4 Å². The highest BCUT2D eigenvalue weighted by atomic mass is 32.1. The molecule has 0 bridgehead atoms. The summed E-state index contributed by atoms with van der Waals surface area (Å²) in [5.41, 5.74) is 6.91. The van der Waals surface area contributed by atoms with Gasteiger partial charge >= 0.3 is 0 Å². The van der Waals surface area contributed by atoms with E-state index in [1.165, 1.54) is 0 Å². The van der Waals surface area contributed by atoms with Gasteiger partial charge in [-0.2, -0.15) is 0 Å². The third-order valence-electron chi connectivity index (χ3n) is 2.56. The zero-order valence-corrected chi connectivity index (χ0v) is 11.6. The summed E-state index contributed by atoms with van der Waals surface area (Å²) < 4.78 is 1.77. The van der Waals surface area contributed by atoms with Gasteiger partial charge < -0.3 is 9.88 Å². The van der Waals surface area contributed by atoms with Crippen molar-refractivity contribution in [2.45, 2.75) is 6.54 Å². The van der Waals surface area contributed by atoms with Gasteiger partial charge in [0.05, 0.1) is 17.4 Å². The molecule has 6 nitrogen and oxygen atoms in total. The SMILES string of the molecule is C=CCNC(=S)NNC(=O)Cn1cnc2ccccc21. The fourth-order valence-corrected chi connectivity index (χ4v) is 1.80. The monoisotopic (exact) mass is 289 g/mol. The minimum atomic E-state index is -0.212. The fourth-order valence-electron chi connectivity index (χ4n) is 1.67. The van der Waals surface area contributed by atoms with Crippen LogP contribution >= 0.6 is 12.2 Å². The molecule has 20 heavy (non-hydrogen) atoms. The molecule has 0 atom stereocenters. The Morgan fingerprint density at radius 3 is 3.00 bits per heavy atom. The number of carbonyl (C=O) groups excluding carboxylic acids is 1. The first kappa shape index (κ1) is 14.0. The molecule has 0 fully saturated rings.